The van der Waals surface area contributed by atoms with Gasteiger partial charge in [-0.2, -0.15) is 0 Å². The van der Waals surface area contributed by atoms with Gasteiger partial charge in [0.25, 0.3) is 11.6 Å². The third kappa shape index (κ3) is 7.57. The number of fused-ring (bicyclic) bond motifs is 3. The Bertz CT molecular complexity index is 2310. The molecule has 1 aromatic heterocycles. The van der Waals surface area contributed by atoms with Crippen LogP contribution >= 0.6 is 0 Å². The molecule has 0 bridgehead atoms. The van der Waals surface area contributed by atoms with Crippen molar-refractivity contribution in [1.82, 2.24) is 19.8 Å². The summed E-state index contributed by atoms with van der Waals surface area (Å²) in [5.41, 5.74) is 3.17. The Morgan fingerprint density at radius 2 is 1.75 bits per heavy atom. The molecule has 4 aromatic carbocycles. The summed E-state index contributed by atoms with van der Waals surface area (Å²) in [6.45, 7) is 5.34. The summed E-state index contributed by atoms with van der Waals surface area (Å²) in [5, 5.41) is 25.2. The minimum Gasteiger partial charge on any atom is -0.493 e. The van der Waals surface area contributed by atoms with Crippen LogP contribution < -0.4 is 14.8 Å². The molecular weight excluding hydrogens is 720 g/mol. The van der Waals surface area contributed by atoms with E-state index in [1.54, 1.807) is 58.2 Å². The monoisotopic (exact) mass is 764 g/mol. The average Bonchev–Trinajstić information content (AvgIpc) is 3.64. The van der Waals surface area contributed by atoms with Gasteiger partial charge in [0.1, 0.15) is 11.3 Å². The van der Waals surface area contributed by atoms with E-state index >= 15 is 0 Å². The van der Waals surface area contributed by atoms with E-state index in [-0.39, 0.29) is 43.1 Å². The normalized spacial score (nSPS) is 14.0. The summed E-state index contributed by atoms with van der Waals surface area (Å²) < 4.78 is 16.5. The van der Waals surface area contributed by atoms with E-state index in [1.807, 2.05) is 36.4 Å². The molecule has 1 aliphatic heterocycles. The first-order valence-electron chi connectivity index (χ1n) is 18.0. The Kier molecular flexibility index (Phi) is 11.3. The van der Waals surface area contributed by atoms with Gasteiger partial charge in [-0.15, -0.1) is 0 Å². The standard InChI is InChI=1S/C41H44N6O9/c1-24-13-15-27(22-30(24)47(52)53)36-43-34-29(42-37(56-6)26-11-8-7-9-12-26)23-28-33(35(34)44-36)38(48)46(39(49)41(28,2)3)19-10-18-45(40(50)51)20-17-25-14-16-31(54-4)32(21-25)55-5/h7-9,11-16,21-23,37,42H,10,17-20H2,1-6H3,(H,43,44)(H,50,51). The maximum atomic E-state index is 14.5. The van der Waals surface area contributed by atoms with Gasteiger partial charge >= 0.3 is 6.09 Å². The number of nitrogens with one attached hydrogen (secondary N) is 2. The van der Waals surface area contributed by atoms with E-state index in [0.717, 1.165) is 11.1 Å². The lowest BCUT2D eigenvalue weighted by atomic mass is 9.76. The van der Waals surface area contributed by atoms with Crippen LogP contribution in [0.15, 0.2) is 72.8 Å². The van der Waals surface area contributed by atoms with Gasteiger partial charge in [0.2, 0.25) is 5.91 Å². The van der Waals surface area contributed by atoms with E-state index in [2.05, 4.69) is 10.3 Å². The molecule has 15 heteroatoms. The van der Waals surface area contributed by atoms with Gasteiger partial charge < -0.3 is 34.5 Å². The van der Waals surface area contributed by atoms with E-state index in [0.29, 0.717) is 51.3 Å². The van der Waals surface area contributed by atoms with Gasteiger partial charge in [-0.25, -0.2) is 9.78 Å². The van der Waals surface area contributed by atoms with Crippen molar-refractivity contribution in [2.75, 3.05) is 46.3 Å². The Balaban J connectivity index is 1.34. The first-order valence-corrected chi connectivity index (χ1v) is 18.0. The second kappa shape index (κ2) is 16.1. The molecule has 6 rings (SSSR count). The fraction of sp³-hybridized carbons (Fsp3) is 0.317. The number of amides is 3. The number of aryl methyl sites for hydroxylation is 1. The number of nitro benzene ring substituents is 1. The smallest absolute Gasteiger partial charge is 0.407 e. The molecule has 56 heavy (non-hydrogen) atoms. The predicted molar refractivity (Wildman–Crippen MR) is 209 cm³/mol. The van der Waals surface area contributed by atoms with Crippen molar-refractivity contribution in [3.05, 3.63) is 111 Å². The lowest BCUT2D eigenvalue weighted by Crippen LogP contribution is -2.52. The van der Waals surface area contributed by atoms with Crippen LogP contribution in [-0.2, 0) is 21.4 Å². The zero-order valence-electron chi connectivity index (χ0n) is 32.0. The first kappa shape index (κ1) is 39.2. The highest BCUT2D eigenvalue weighted by molar-refractivity contribution is 6.19. The van der Waals surface area contributed by atoms with Crippen molar-refractivity contribution >= 4 is 40.3 Å². The first-order chi connectivity index (χ1) is 26.8. The predicted octanol–water partition coefficient (Wildman–Crippen LogP) is 7.09. The number of nitro groups is 1. The number of anilines is 1. The highest BCUT2D eigenvalue weighted by atomic mass is 16.6. The quantitative estimate of drug-likeness (QED) is 0.0427. The van der Waals surface area contributed by atoms with Crippen molar-refractivity contribution in [3.8, 4) is 22.9 Å². The van der Waals surface area contributed by atoms with Crippen LogP contribution in [0.2, 0.25) is 0 Å². The summed E-state index contributed by atoms with van der Waals surface area (Å²) in [7, 11) is 4.62. The number of benzene rings is 4. The number of imide groups is 1. The van der Waals surface area contributed by atoms with Crippen LogP contribution in [0.1, 0.15) is 59.1 Å². The number of carbonyl (C=O) groups is 3. The second-order valence-electron chi connectivity index (χ2n) is 14.0. The molecule has 0 saturated carbocycles. The fourth-order valence-electron chi connectivity index (χ4n) is 7.04. The highest BCUT2D eigenvalue weighted by Gasteiger charge is 2.46. The SMILES string of the molecule is COc1ccc(CCN(CCCN2C(=O)c3c(cc(NC(OC)c4ccccc4)c4nc(-c5ccc(C)c([N+](=O)[O-])c5)[nH]c34)C(C)(C)C2=O)C(=O)O)cc1OC. The van der Waals surface area contributed by atoms with Gasteiger partial charge in [0.15, 0.2) is 17.7 Å². The molecule has 5 aromatic rings. The molecule has 15 nitrogen and oxygen atoms in total. The van der Waals surface area contributed by atoms with Gasteiger partial charge in [0.05, 0.1) is 41.3 Å². The van der Waals surface area contributed by atoms with Gasteiger partial charge in [0, 0.05) is 49.5 Å². The van der Waals surface area contributed by atoms with E-state index in [9.17, 15) is 29.6 Å². The second-order valence-corrected chi connectivity index (χ2v) is 14.0. The Labute approximate surface area is 323 Å². The number of methoxy groups -OCH3 is 3. The number of carboxylic acid groups (broad SMARTS) is 1. The zero-order valence-corrected chi connectivity index (χ0v) is 32.0. The van der Waals surface area contributed by atoms with Crippen molar-refractivity contribution in [2.24, 2.45) is 0 Å². The van der Waals surface area contributed by atoms with Crippen LogP contribution in [-0.4, -0.2) is 88.7 Å². The molecule has 1 aliphatic rings. The summed E-state index contributed by atoms with van der Waals surface area (Å²) in [6.07, 6.45) is -1.15. The Hall–Kier alpha value is -6.48. The molecule has 3 amide bonds. The number of aromatic nitrogens is 2. The number of rotatable bonds is 15. The number of ether oxygens (including phenoxy) is 3. The zero-order chi connectivity index (χ0) is 40.3. The lowest BCUT2D eigenvalue weighted by Gasteiger charge is -2.38. The molecule has 292 valence electrons. The van der Waals surface area contributed by atoms with Gasteiger partial charge in [-0.05, 0) is 62.9 Å². The summed E-state index contributed by atoms with van der Waals surface area (Å²) in [4.78, 5) is 62.8. The summed E-state index contributed by atoms with van der Waals surface area (Å²) in [5.74, 6) is 0.382. The number of H-pyrrole nitrogens is 1. The Morgan fingerprint density at radius 1 is 1.02 bits per heavy atom. The molecule has 0 saturated heterocycles. The molecule has 0 radical (unpaired) electrons. The van der Waals surface area contributed by atoms with E-state index in [1.165, 1.54) is 30.1 Å². The van der Waals surface area contributed by atoms with Gasteiger partial charge in [-0.1, -0.05) is 48.5 Å². The van der Waals surface area contributed by atoms with Crippen molar-refractivity contribution in [3.63, 3.8) is 0 Å². The molecule has 0 aliphatic carbocycles. The maximum Gasteiger partial charge on any atom is 0.407 e. The third-order valence-corrected chi connectivity index (χ3v) is 10.2. The molecule has 1 atom stereocenters. The highest BCUT2D eigenvalue weighted by Crippen LogP contribution is 2.42. The van der Waals surface area contributed by atoms with E-state index in [4.69, 9.17) is 19.2 Å². The number of aromatic amines is 1. The minimum absolute atomic E-state index is 0.0346. The number of carbonyl (C=O) groups excluding carboxylic acids is 2. The lowest BCUT2D eigenvalue weighted by molar-refractivity contribution is -0.385. The van der Waals surface area contributed by atoms with Crippen LogP contribution in [0.4, 0.5) is 16.2 Å². The van der Waals surface area contributed by atoms with Crippen molar-refractivity contribution in [2.45, 2.75) is 45.3 Å². The number of hydrogen-bond acceptors (Lipinski definition) is 10. The number of imidazole rings is 1. The van der Waals surface area contributed by atoms with Crippen LogP contribution in [0, 0.1) is 17.0 Å². The molecule has 2 heterocycles. The number of nitrogens with zero attached hydrogens (tertiary/aromatic N) is 4. The van der Waals surface area contributed by atoms with E-state index < -0.39 is 34.5 Å². The molecule has 3 N–H and O–H groups in total. The topological polar surface area (TPSA) is 189 Å². The number of hydrogen-bond donors (Lipinski definition) is 3. The molecule has 1 unspecified atom stereocenters. The summed E-state index contributed by atoms with van der Waals surface area (Å²) in [6, 6.07) is 21.3. The summed E-state index contributed by atoms with van der Waals surface area (Å²) >= 11 is 0. The van der Waals surface area contributed by atoms with Gasteiger partial charge in [-0.3, -0.25) is 24.6 Å². The minimum atomic E-state index is -1.20. The molecular formula is C41H44N6O9. The largest absolute Gasteiger partial charge is 0.493 e. The molecule has 0 fully saturated rings. The van der Waals surface area contributed by atoms with Crippen LogP contribution in [0.3, 0.4) is 0 Å². The van der Waals surface area contributed by atoms with Crippen molar-refractivity contribution in [1.29, 1.82) is 0 Å². The third-order valence-electron chi connectivity index (χ3n) is 10.2. The van der Waals surface area contributed by atoms with Crippen molar-refractivity contribution < 1.29 is 38.6 Å². The average molecular weight is 765 g/mol. The Morgan fingerprint density at radius 3 is 2.41 bits per heavy atom. The fourth-order valence-corrected chi connectivity index (χ4v) is 7.04. The molecule has 0 spiro atoms. The van der Waals surface area contributed by atoms with Crippen LogP contribution in [0.5, 0.6) is 11.5 Å². The maximum absolute atomic E-state index is 14.5. The van der Waals surface area contributed by atoms with Crippen LogP contribution in [0.25, 0.3) is 22.4 Å².